The fourth-order valence-corrected chi connectivity index (χ4v) is 4.67. The molecule has 0 bridgehead atoms. The quantitative estimate of drug-likeness (QED) is 0.441. The number of nitrogens with two attached hydrogens (primary N) is 1. The van der Waals surface area contributed by atoms with Crippen LogP contribution in [0.5, 0.6) is 0 Å². The minimum atomic E-state index is 0.588. The van der Waals surface area contributed by atoms with Crippen molar-refractivity contribution in [1.29, 1.82) is 0 Å². The average Bonchev–Trinajstić information content (AvgIpc) is 3.28. The van der Waals surface area contributed by atoms with Crippen LogP contribution in [0.25, 0.3) is 43.2 Å². The number of nitrogen functional groups attached to an aromatic ring is 1. The van der Waals surface area contributed by atoms with E-state index in [9.17, 15) is 0 Å². The molecule has 5 rings (SSSR count). The van der Waals surface area contributed by atoms with E-state index in [0.29, 0.717) is 5.82 Å². The molecule has 0 atom stereocenters. The lowest BCUT2D eigenvalue weighted by Crippen LogP contribution is -1.92. The van der Waals surface area contributed by atoms with Crippen LogP contribution >= 0.6 is 11.3 Å². The maximum Gasteiger partial charge on any atom is 0.132 e. The Bertz CT molecular complexity index is 1250. The van der Waals surface area contributed by atoms with Gasteiger partial charge in [0.05, 0.1) is 0 Å². The number of thiophene rings is 1. The predicted molar refractivity (Wildman–Crippen MR) is 111 cm³/mol. The van der Waals surface area contributed by atoms with E-state index in [4.69, 9.17) is 5.73 Å². The van der Waals surface area contributed by atoms with Crippen molar-refractivity contribution in [1.82, 2.24) is 9.55 Å². The molecule has 2 aromatic carbocycles. The number of anilines is 1. The van der Waals surface area contributed by atoms with Crippen LogP contribution in [0.4, 0.5) is 5.82 Å². The van der Waals surface area contributed by atoms with Crippen molar-refractivity contribution in [2.45, 2.75) is 0 Å². The van der Waals surface area contributed by atoms with Gasteiger partial charge in [-0.05, 0) is 34.7 Å². The van der Waals surface area contributed by atoms with Crippen LogP contribution in [0, 0.1) is 0 Å². The molecule has 0 radical (unpaired) electrons. The topological polar surface area (TPSA) is 43.8 Å². The summed E-state index contributed by atoms with van der Waals surface area (Å²) in [7, 11) is 2.07. The lowest BCUT2D eigenvalue weighted by Gasteiger charge is -2.07. The van der Waals surface area contributed by atoms with Crippen molar-refractivity contribution in [2.75, 3.05) is 5.73 Å². The highest BCUT2D eigenvalue weighted by molar-refractivity contribution is 7.18. The zero-order chi connectivity index (χ0) is 17.7. The van der Waals surface area contributed by atoms with E-state index < -0.39 is 0 Å². The number of aryl methyl sites for hydroxylation is 1. The van der Waals surface area contributed by atoms with Crippen LogP contribution in [0.2, 0.25) is 0 Å². The molecule has 0 saturated heterocycles. The Morgan fingerprint density at radius 1 is 0.962 bits per heavy atom. The molecule has 3 nitrogen and oxygen atoms in total. The first-order valence-corrected chi connectivity index (χ1v) is 9.37. The van der Waals surface area contributed by atoms with Gasteiger partial charge in [-0.25, -0.2) is 4.98 Å². The largest absolute Gasteiger partial charge is 0.383 e. The van der Waals surface area contributed by atoms with Gasteiger partial charge >= 0.3 is 0 Å². The molecule has 0 aliphatic heterocycles. The van der Waals surface area contributed by atoms with Gasteiger partial charge in [0.25, 0.3) is 0 Å². The predicted octanol–water partition coefficient (Wildman–Crippen LogP) is 5.70. The summed E-state index contributed by atoms with van der Waals surface area (Å²) in [6.45, 7) is 0. The van der Waals surface area contributed by atoms with Gasteiger partial charge in [-0.3, -0.25) is 0 Å². The number of fused-ring (bicyclic) bond motifs is 2. The molecule has 0 fully saturated rings. The van der Waals surface area contributed by atoms with Crippen LogP contribution in [0.15, 0.2) is 72.4 Å². The summed E-state index contributed by atoms with van der Waals surface area (Å²) in [5.74, 6) is 0.588. The second-order valence-corrected chi connectivity index (χ2v) is 7.36. The molecule has 4 heteroatoms. The normalized spacial score (nSPS) is 11.4. The van der Waals surface area contributed by atoms with Crippen LogP contribution < -0.4 is 5.73 Å². The Hall–Kier alpha value is -3.11. The highest BCUT2D eigenvalue weighted by Crippen LogP contribution is 2.42. The van der Waals surface area contributed by atoms with Crippen LogP contribution in [-0.4, -0.2) is 9.55 Å². The standard InChI is InChI=1S/C22H17N3S/c1-25-10-9-16-11-15(7-8-19(16)25)17-12-24-22(23)20-18(13-26-21(17)20)14-5-3-2-4-6-14/h2-13H,1H3,(H2,23,24). The zero-order valence-electron chi connectivity index (χ0n) is 14.3. The number of benzene rings is 2. The minimum Gasteiger partial charge on any atom is -0.383 e. The number of hydrogen-bond donors (Lipinski definition) is 1. The molecular weight excluding hydrogens is 338 g/mol. The number of pyridine rings is 1. The Labute approximate surface area is 155 Å². The van der Waals surface area contributed by atoms with E-state index in [-0.39, 0.29) is 0 Å². The molecule has 2 N–H and O–H groups in total. The van der Waals surface area contributed by atoms with E-state index in [2.05, 4.69) is 76.7 Å². The zero-order valence-corrected chi connectivity index (χ0v) is 15.1. The third-order valence-corrected chi connectivity index (χ3v) is 5.92. The highest BCUT2D eigenvalue weighted by Gasteiger charge is 2.15. The first-order chi connectivity index (χ1) is 12.7. The van der Waals surface area contributed by atoms with Gasteiger partial charge < -0.3 is 10.3 Å². The molecule has 5 aromatic rings. The lowest BCUT2D eigenvalue weighted by atomic mass is 10.0. The van der Waals surface area contributed by atoms with Gasteiger partial charge in [0, 0.05) is 51.6 Å². The van der Waals surface area contributed by atoms with Crippen molar-refractivity contribution in [3.63, 3.8) is 0 Å². The Kier molecular flexibility index (Phi) is 3.33. The summed E-state index contributed by atoms with van der Waals surface area (Å²) in [5, 5.41) is 4.46. The summed E-state index contributed by atoms with van der Waals surface area (Å²) in [6, 6.07) is 19.1. The number of aromatic nitrogens is 2. The third kappa shape index (κ3) is 2.23. The summed E-state index contributed by atoms with van der Waals surface area (Å²) >= 11 is 1.73. The van der Waals surface area contributed by atoms with Crippen molar-refractivity contribution in [3.05, 3.63) is 72.4 Å². The SMILES string of the molecule is Cn1ccc2cc(-c3cnc(N)c4c(-c5ccccc5)csc34)ccc21. The van der Waals surface area contributed by atoms with Crippen molar-refractivity contribution in [2.24, 2.45) is 7.05 Å². The molecule has 0 aliphatic rings. The van der Waals surface area contributed by atoms with Crippen LogP contribution in [0.3, 0.4) is 0 Å². The van der Waals surface area contributed by atoms with Gasteiger partial charge in [0.15, 0.2) is 0 Å². The van der Waals surface area contributed by atoms with Crippen LogP contribution in [0.1, 0.15) is 0 Å². The first-order valence-electron chi connectivity index (χ1n) is 8.49. The Morgan fingerprint density at radius 3 is 2.65 bits per heavy atom. The molecule has 3 aromatic heterocycles. The molecule has 0 unspecified atom stereocenters. The second-order valence-electron chi connectivity index (χ2n) is 6.48. The smallest absolute Gasteiger partial charge is 0.132 e. The summed E-state index contributed by atoms with van der Waals surface area (Å²) in [6.07, 6.45) is 3.98. The Morgan fingerprint density at radius 2 is 1.81 bits per heavy atom. The molecular formula is C22H17N3S. The molecule has 0 amide bonds. The number of hydrogen-bond acceptors (Lipinski definition) is 3. The summed E-state index contributed by atoms with van der Waals surface area (Å²) < 4.78 is 3.32. The van der Waals surface area contributed by atoms with Crippen LogP contribution in [-0.2, 0) is 7.05 Å². The maximum absolute atomic E-state index is 6.27. The van der Waals surface area contributed by atoms with Crippen molar-refractivity contribution >= 4 is 38.1 Å². The van der Waals surface area contributed by atoms with E-state index in [1.165, 1.54) is 26.7 Å². The van der Waals surface area contributed by atoms with Crippen molar-refractivity contribution < 1.29 is 0 Å². The monoisotopic (exact) mass is 355 g/mol. The third-order valence-electron chi connectivity index (χ3n) is 4.91. The van der Waals surface area contributed by atoms with E-state index in [0.717, 1.165) is 16.5 Å². The first kappa shape index (κ1) is 15.2. The average molecular weight is 355 g/mol. The molecule has 0 saturated carbocycles. The lowest BCUT2D eigenvalue weighted by molar-refractivity contribution is 0.969. The summed E-state index contributed by atoms with van der Waals surface area (Å²) in [4.78, 5) is 4.51. The Balaban J connectivity index is 1.76. The fourth-order valence-electron chi connectivity index (χ4n) is 3.55. The van der Waals surface area contributed by atoms with Gasteiger partial charge in [-0.2, -0.15) is 0 Å². The highest BCUT2D eigenvalue weighted by atomic mass is 32.1. The van der Waals surface area contributed by atoms with Gasteiger partial charge in [0.2, 0.25) is 0 Å². The van der Waals surface area contributed by atoms with E-state index >= 15 is 0 Å². The molecule has 126 valence electrons. The van der Waals surface area contributed by atoms with Crippen molar-refractivity contribution in [3.8, 4) is 22.3 Å². The van der Waals surface area contributed by atoms with Gasteiger partial charge in [-0.15, -0.1) is 11.3 Å². The van der Waals surface area contributed by atoms with Gasteiger partial charge in [0.1, 0.15) is 5.82 Å². The molecule has 26 heavy (non-hydrogen) atoms. The van der Waals surface area contributed by atoms with Gasteiger partial charge in [-0.1, -0.05) is 36.4 Å². The minimum absolute atomic E-state index is 0.588. The molecule has 0 aliphatic carbocycles. The molecule has 3 heterocycles. The number of rotatable bonds is 2. The fraction of sp³-hybridized carbons (Fsp3) is 0.0455. The van der Waals surface area contributed by atoms with E-state index in [1.54, 1.807) is 11.3 Å². The molecule has 0 spiro atoms. The maximum atomic E-state index is 6.27. The summed E-state index contributed by atoms with van der Waals surface area (Å²) in [5.41, 5.74) is 12.1. The second kappa shape index (κ2) is 5.71. The van der Waals surface area contributed by atoms with E-state index in [1.807, 2.05) is 12.3 Å². The number of nitrogens with zero attached hydrogens (tertiary/aromatic N) is 2.